The third kappa shape index (κ3) is 3.16. The van der Waals surface area contributed by atoms with Crippen LogP contribution >= 0.6 is 0 Å². The zero-order chi connectivity index (χ0) is 14.4. The number of primary sulfonamides is 1. The molecule has 3 nitrogen and oxygen atoms in total. The lowest BCUT2D eigenvalue weighted by Crippen LogP contribution is -2.35. The Hall–Kier alpha value is -1.23. The Morgan fingerprint density at radius 3 is 1.94 bits per heavy atom. The molecule has 2 N–H and O–H groups in total. The van der Waals surface area contributed by atoms with Crippen LogP contribution in [0.5, 0.6) is 0 Å². The molecule has 0 aliphatic carbocycles. The van der Waals surface area contributed by atoms with Crippen LogP contribution in [0.25, 0.3) is 0 Å². The zero-order valence-electron chi connectivity index (χ0n) is 8.38. The largest absolute Gasteiger partial charge is 0.509 e. The second-order valence-corrected chi connectivity index (χ2v) is 4.90. The molecule has 0 aliphatic heterocycles. The van der Waals surface area contributed by atoms with E-state index in [1.165, 1.54) is 0 Å². The summed E-state index contributed by atoms with van der Waals surface area (Å²) >= 11 is 0. The van der Waals surface area contributed by atoms with Crippen LogP contribution in [0.15, 0.2) is 23.1 Å². The first-order valence-corrected chi connectivity index (χ1v) is 5.82. The Morgan fingerprint density at radius 2 is 1.61 bits per heavy atom. The first-order chi connectivity index (χ1) is 7.83. The predicted octanol–water partition coefficient (Wildman–Crippen LogP) is 1.41. The minimum Gasteiger partial charge on any atom is -0.445 e. The molecule has 18 heavy (non-hydrogen) atoms. The highest BCUT2D eigenvalue weighted by Gasteiger charge is 2.38. The summed E-state index contributed by atoms with van der Waals surface area (Å²) in [5, 5.41) is 4.51. The van der Waals surface area contributed by atoms with E-state index >= 15 is 0 Å². The Bertz CT molecular complexity index is 564. The molecule has 0 heterocycles. The van der Waals surface area contributed by atoms with Crippen LogP contribution in [-0.2, 0) is 16.2 Å². The summed E-state index contributed by atoms with van der Waals surface area (Å²) in [6, 6.07) is 0.178. The predicted molar refractivity (Wildman–Crippen MR) is 51.5 cm³/mol. The summed E-state index contributed by atoms with van der Waals surface area (Å²) in [4.78, 5) is -1.39. The molecule has 11 heteroatoms. The van der Waals surface area contributed by atoms with Gasteiger partial charge in [0.2, 0.25) is 10.0 Å². The molecule has 0 bridgehead atoms. The molecule has 102 valence electrons. The van der Waals surface area contributed by atoms with E-state index in [-0.39, 0.29) is 18.2 Å². The molecular formula is C7H5BF6NO2S-. The lowest BCUT2D eigenvalue weighted by molar-refractivity contribution is -0.139. The van der Waals surface area contributed by atoms with Gasteiger partial charge in [-0.05, 0) is 6.07 Å². The van der Waals surface area contributed by atoms with Crippen molar-refractivity contribution in [1.29, 1.82) is 0 Å². The van der Waals surface area contributed by atoms with Crippen LogP contribution in [0, 0.1) is 0 Å². The second kappa shape index (κ2) is 4.16. The van der Waals surface area contributed by atoms with Crippen molar-refractivity contribution in [3.8, 4) is 0 Å². The van der Waals surface area contributed by atoms with Gasteiger partial charge in [-0.25, -0.2) is 13.6 Å². The van der Waals surface area contributed by atoms with Crippen molar-refractivity contribution in [3.05, 3.63) is 23.8 Å². The van der Waals surface area contributed by atoms with Gasteiger partial charge in [0.15, 0.2) is 0 Å². The number of nitrogens with two attached hydrogens (primary N) is 1. The normalized spacial score (nSPS) is 13.7. The highest BCUT2D eigenvalue weighted by Crippen LogP contribution is 2.33. The number of halogens is 6. The van der Waals surface area contributed by atoms with E-state index in [1.54, 1.807) is 0 Å². The zero-order valence-corrected chi connectivity index (χ0v) is 9.20. The lowest BCUT2D eigenvalue weighted by atomic mass is 9.79. The quantitative estimate of drug-likeness (QED) is 0.661. The first kappa shape index (κ1) is 14.8. The van der Waals surface area contributed by atoms with Crippen LogP contribution < -0.4 is 10.6 Å². The maximum atomic E-state index is 12.5. The van der Waals surface area contributed by atoms with E-state index < -0.39 is 39.1 Å². The molecule has 0 aliphatic rings. The molecule has 1 aromatic rings. The Balaban J connectivity index is 3.61. The average molecular weight is 292 g/mol. The van der Waals surface area contributed by atoms with Crippen molar-refractivity contribution >= 4 is 22.5 Å². The van der Waals surface area contributed by atoms with Gasteiger partial charge in [0.05, 0.1) is 10.5 Å². The van der Waals surface area contributed by atoms with Crippen LogP contribution in [0.3, 0.4) is 0 Å². The van der Waals surface area contributed by atoms with Crippen molar-refractivity contribution in [2.24, 2.45) is 5.14 Å². The fourth-order valence-corrected chi connectivity index (χ4v) is 1.96. The molecule has 0 atom stereocenters. The SMILES string of the molecule is NS(=O)(=O)c1ccc([B-](F)(F)F)cc1C(F)(F)F. The molecular weight excluding hydrogens is 287 g/mol. The van der Waals surface area contributed by atoms with E-state index in [0.29, 0.717) is 0 Å². The topological polar surface area (TPSA) is 60.2 Å². The number of hydrogen-bond donors (Lipinski definition) is 1. The average Bonchev–Trinajstić information content (AvgIpc) is 2.12. The van der Waals surface area contributed by atoms with Gasteiger partial charge in [0.25, 0.3) is 0 Å². The fraction of sp³-hybridized carbons (Fsp3) is 0.143. The number of alkyl halides is 3. The highest BCUT2D eigenvalue weighted by molar-refractivity contribution is 7.89. The van der Waals surface area contributed by atoms with Gasteiger partial charge in [0, 0.05) is 0 Å². The fourth-order valence-electron chi connectivity index (χ4n) is 1.22. The standard InChI is InChI=1S/C7H5BF6NO2S/c9-7(10,11)5-3-4(8(12,13)14)1-2-6(5)18(15,16)17/h1-3H,(H2,15,16,17)/q-1. The Morgan fingerprint density at radius 1 is 1.11 bits per heavy atom. The van der Waals surface area contributed by atoms with Crippen LogP contribution in [-0.4, -0.2) is 15.4 Å². The van der Waals surface area contributed by atoms with Gasteiger partial charge in [-0.3, -0.25) is 0 Å². The monoisotopic (exact) mass is 292 g/mol. The van der Waals surface area contributed by atoms with Crippen LogP contribution in [0.1, 0.15) is 5.56 Å². The number of hydrogen-bond acceptors (Lipinski definition) is 2. The summed E-state index contributed by atoms with van der Waals surface area (Å²) in [5.41, 5.74) is -3.48. The molecule has 1 aromatic carbocycles. The third-order valence-corrected chi connectivity index (χ3v) is 2.96. The third-order valence-electron chi connectivity index (χ3n) is 1.99. The van der Waals surface area contributed by atoms with Crippen molar-refractivity contribution in [2.45, 2.75) is 11.1 Å². The van der Waals surface area contributed by atoms with E-state index in [0.717, 1.165) is 0 Å². The minimum atomic E-state index is -5.67. The van der Waals surface area contributed by atoms with E-state index in [4.69, 9.17) is 0 Å². The molecule has 0 radical (unpaired) electrons. The lowest BCUT2D eigenvalue weighted by Gasteiger charge is -2.18. The van der Waals surface area contributed by atoms with Gasteiger partial charge in [-0.2, -0.15) is 13.2 Å². The van der Waals surface area contributed by atoms with Gasteiger partial charge >= 0.3 is 13.2 Å². The van der Waals surface area contributed by atoms with Gasteiger partial charge < -0.3 is 12.9 Å². The molecule has 0 spiro atoms. The van der Waals surface area contributed by atoms with Gasteiger partial charge in [0.1, 0.15) is 0 Å². The van der Waals surface area contributed by atoms with Crippen molar-refractivity contribution in [3.63, 3.8) is 0 Å². The van der Waals surface area contributed by atoms with Gasteiger partial charge in [-0.1, -0.05) is 12.1 Å². The maximum Gasteiger partial charge on any atom is 0.509 e. The number of rotatable bonds is 2. The highest BCUT2D eigenvalue weighted by atomic mass is 32.2. The molecule has 0 saturated heterocycles. The molecule has 0 amide bonds. The van der Waals surface area contributed by atoms with E-state index in [9.17, 15) is 34.5 Å². The molecule has 0 fully saturated rings. The summed E-state index contributed by atoms with van der Waals surface area (Å²) in [7, 11) is -4.76. The molecule has 0 aromatic heterocycles. The smallest absolute Gasteiger partial charge is 0.445 e. The van der Waals surface area contributed by atoms with E-state index in [1.807, 2.05) is 0 Å². The Labute approximate surface area is 97.7 Å². The molecule has 0 unspecified atom stereocenters. The summed E-state index contributed by atoms with van der Waals surface area (Å²) in [6.07, 6.45) is -5.25. The summed E-state index contributed by atoms with van der Waals surface area (Å²) in [6.45, 7) is -5.67. The van der Waals surface area contributed by atoms with E-state index in [2.05, 4.69) is 5.14 Å². The summed E-state index contributed by atoms with van der Waals surface area (Å²) in [5.74, 6) is 0. The number of benzene rings is 1. The molecule has 1 rings (SSSR count). The Kier molecular flexibility index (Phi) is 3.43. The van der Waals surface area contributed by atoms with Crippen molar-refractivity contribution < 1.29 is 34.5 Å². The van der Waals surface area contributed by atoms with Crippen molar-refractivity contribution in [1.82, 2.24) is 0 Å². The van der Waals surface area contributed by atoms with Crippen LogP contribution in [0.4, 0.5) is 26.1 Å². The first-order valence-electron chi connectivity index (χ1n) is 4.27. The number of sulfonamides is 1. The van der Waals surface area contributed by atoms with Gasteiger partial charge in [-0.15, -0.1) is 5.46 Å². The molecule has 0 saturated carbocycles. The van der Waals surface area contributed by atoms with Crippen molar-refractivity contribution in [2.75, 3.05) is 0 Å². The second-order valence-electron chi connectivity index (χ2n) is 3.37. The maximum absolute atomic E-state index is 12.5. The minimum absolute atomic E-state index is 0.197. The van der Waals surface area contributed by atoms with Crippen LogP contribution in [0.2, 0.25) is 0 Å². The summed E-state index contributed by atoms with van der Waals surface area (Å²) < 4.78 is 96.0.